The van der Waals surface area contributed by atoms with Crippen molar-refractivity contribution in [2.24, 2.45) is 7.05 Å². The molecule has 0 aliphatic heterocycles. The first-order chi connectivity index (χ1) is 5.52. The Morgan fingerprint density at radius 1 is 1.67 bits per heavy atom. The number of hydrogen-bond donors (Lipinski definition) is 3. The number of aromatic nitrogens is 2. The molecule has 12 heavy (non-hydrogen) atoms. The Kier molecular flexibility index (Phi) is 1.90. The van der Waals surface area contributed by atoms with Crippen molar-refractivity contribution in [2.75, 3.05) is 11.5 Å². The molecule has 0 saturated heterocycles. The fourth-order valence-electron chi connectivity index (χ4n) is 0.935. The molecule has 1 aromatic heterocycles. The van der Waals surface area contributed by atoms with Gasteiger partial charge in [0, 0.05) is 12.6 Å². The lowest BCUT2D eigenvalue weighted by Gasteiger charge is -1.95. The largest absolute Gasteiger partial charge is 0.481 e. The van der Waals surface area contributed by atoms with E-state index in [0.717, 1.165) is 0 Å². The zero-order chi connectivity index (χ0) is 9.30. The Morgan fingerprint density at radius 3 is 2.58 bits per heavy atom. The lowest BCUT2D eigenvalue weighted by Crippen LogP contribution is -2.05. The smallest absolute Gasteiger partial charge is 0.308 e. The molecule has 0 bridgehead atoms. The number of anilines is 2. The third-order valence-corrected chi connectivity index (χ3v) is 1.55. The van der Waals surface area contributed by atoms with E-state index in [2.05, 4.69) is 5.10 Å². The first-order valence-corrected chi connectivity index (χ1v) is 3.31. The summed E-state index contributed by atoms with van der Waals surface area (Å²) in [6, 6.07) is 0. The molecule has 66 valence electrons. The molecule has 6 nitrogen and oxygen atoms in total. The third-order valence-electron chi connectivity index (χ3n) is 1.55. The van der Waals surface area contributed by atoms with Gasteiger partial charge < -0.3 is 16.6 Å². The average Bonchev–Trinajstić information content (AvgIpc) is 2.16. The van der Waals surface area contributed by atoms with E-state index in [9.17, 15) is 4.79 Å². The lowest BCUT2D eigenvalue weighted by atomic mass is 10.2. The molecule has 0 aliphatic carbocycles. The monoisotopic (exact) mass is 170 g/mol. The molecule has 0 saturated carbocycles. The van der Waals surface area contributed by atoms with Crippen LogP contribution in [0.2, 0.25) is 0 Å². The molecule has 0 fully saturated rings. The molecule has 0 radical (unpaired) electrons. The van der Waals surface area contributed by atoms with Crippen molar-refractivity contribution in [1.82, 2.24) is 9.78 Å². The number of aryl methyl sites for hydroxylation is 1. The molecule has 0 spiro atoms. The molecule has 6 heteroatoms. The number of nitrogens with zero attached hydrogens (tertiary/aromatic N) is 2. The predicted molar refractivity (Wildman–Crippen MR) is 43.4 cm³/mol. The van der Waals surface area contributed by atoms with Gasteiger partial charge in [0.05, 0.1) is 6.42 Å². The molecule has 0 aliphatic rings. The van der Waals surface area contributed by atoms with Gasteiger partial charge in [-0.3, -0.25) is 9.48 Å². The Balaban J connectivity index is 3.05. The van der Waals surface area contributed by atoms with Crippen LogP contribution in [0.15, 0.2) is 0 Å². The van der Waals surface area contributed by atoms with Gasteiger partial charge in [-0.15, -0.1) is 0 Å². The molecule has 0 amide bonds. The van der Waals surface area contributed by atoms with Gasteiger partial charge in [0.2, 0.25) is 0 Å². The van der Waals surface area contributed by atoms with Gasteiger partial charge in [-0.25, -0.2) is 0 Å². The van der Waals surface area contributed by atoms with E-state index < -0.39 is 5.97 Å². The van der Waals surface area contributed by atoms with Crippen LogP contribution in [0.5, 0.6) is 0 Å². The summed E-state index contributed by atoms with van der Waals surface area (Å²) >= 11 is 0. The van der Waals surface area contributed by atoms with Crippen molar-refractivity contribution in [2.45, 2.75) is 6.42 Å². The summed E-state index contributed by atoms with van der Waals surface area (Å²) in [6.45, 7) is 0. The third kappa shape index (κ3) is 1.31. The lowest BCUT2D eigenvalue weighted by molar-refractivity contribution is -0.136. The van der Waals surface area contributed by atoms with Gasteiger partial charge in [0.25, 0.3) is 0 Å². The molecule has 0 atom stereocenters. The van der Waals surface area contributed by atoms with Gasteiger partial charge in [-0.05, 0) is 0 Å². The summed E-state index contributed by atoms with van der Waals surface area (Å²) in [7, 11) is 1.61. The minimum Gasteiger partial charge on any atom is -0.481 e. The Labute approximate surface area is 68.8 Å². The Morgan fingerprint density at radius 2 is 2.25 bits per heavy atom. The summed E-state index contributed by atoms with van der Waals surface area (Å²) in [6.07, 6.45) is -0.189. The summed E-state index contributed by atoms with van der Waals surface area (Å²) in [5, 5.41) is 12.2. The highest BCUT2D eigenvalue weighted by Gasteiger charge is 2.13. The highest BCUT2D eigenvalue weighted by molar-refractivity contribution is 5.75. The van der Waals surface area contributed by atoms with Gasteiger partial charge in [0.15, 0.2) is 5.82 Å². The van der Waals surface area contributed by atoms with Crippen LogP contribution in [0.1, 0.15) is 5.56 Å². The first kappa shape index (κ1) is 8.38. The van der Waals surface area contributed by atoms with Crippen LogP contribution in [0.4, 0.5) is 11.6 Å². The summed E-state index contributed by atoms with van der Waals surface area (Å²) in [5.74, 6) is -0.492. The van der Waals surface area contributed by atoms with E-state index in [0.29, 0.717) is 11.4 Å². The van der Waals surface area contributed by atoms with Crippen molar-refractivity contribution in [3.05, 3.63) is 5.56 Å². The average molecular weight is 170 g/mol. The van der Waals surface area contributed by atoms with E-state index in [1.807, 2.05) is 0 Å². The van der Waals surface area contributed by atoms with E-state index >= 15 is 0 Å². The van der Waals surface area contributed by atoms with Crippen LogP contribution in [-0.4, -0.2) is 20.9 Å². The summed E-state index contributed by atoms with van der Waals surface area (Å²) < 4.78 is 1.35. The second-order valence-corrected chi connectivity index (χ2v) is 2.44. The number of carbonyl (C=O) groups is 1. The number of hydrogen-bond acceptors (Lipinski definition) is 4. The van der Waals surface area contributed by atoms with Crippen LogP contribution in [-0.2, 0) is 18.3 Å². The Bertz CT molecular complexity index is 318. The SMILES string of the molecule is Cn1nc(N)c(CC(=O)O)c1N. The highest BCUT2D eigenvalue weighted by atomic mass is 16.4. The van der Waals surface area contributed by atoms with Crippen LogP contribution in [0.3, 0.4) is 0 Å². The molecule has 5 N–H and O–H groups in total. The van der Waals surface area contributed by atoms with Crippen LogP contribution in [0, 0.1) is 0 Å². The van der Waals surface area contributed by atoms with Crippen molar-refractivity contribution in [3.63, 3.8) is 0 Å². The zero-order valence-electron chi connectivity index (χ0n) is 6.61. The maximum absolute atomic E-state index is 10.3. The Hall–Kier alpha value is -1.72. The molecule has 1 heterocycles. The molecule has 1 aromatic rings. The minimum atomic E-state index is -0.971. The van der Waals surface area contributed by atoms with E-state index in [1.54, 1.807) is 7.05 Å². The number of nitrogen functional groups attached to an aromatic ring is 2. The number of carboxylic acid groups (broad SMARTS) is 1. The second kappa shape index (κ2) is 2.72. The van der Waals surface area contributed by atoms with E-state index in [-0.39, 0.29) is 12.2 Å². The van der Waals surface area contributed by atoms with E-state index in [1.165, 1.54) is 4.68 Å². The van der Waals surface area contributed by atoms with Gasteiger partial charge >= 0.3 is 5.97 Å². The van der Waals surface area contributed by atoms with Crippen molar-refractivity contribution < 1.29 is 9.90 Å². The topological polar surface area (TPSA) is 107 Å². The fourth-order valence-corrected chi connectivity index (χ4v) is 0.935. The van der Waals surface area contributed by atoms with Crippen LogP contribution < -0.4 is 11.5 Å². The number of nitrogens with two attached hydrogens (primary N) is 2. The predicted octanol–water partition coefficient (Wildman–Crippen LogP) is -0.788. The molecular formula is C6H10N4O2. The van der Waals surface area contributed by atoms with Crippen LogP contribution >= 0.6 is 0 Å². The van der Waals surface area contributed by atoms with Gasteiger partial charge in [-0.2, -0.15) is 5.10 Å². The molecule has 0 unspecified atom stereocenters. The quantitative estimate of drug-likeness (QED) is 0.539. The summed E-state index contributed by atoms with van der Waals surface area (Å²) in [4.78, 5) is 10.3. The van der Waals surface area contributed by atoms with Crippen molar-refractivity contribution >= 4 is 17.6 Å². The number of carboxylic acids is 1. The summed E-state index contributed by atoms with van der Waals surface area (Å²) in [5.41, 5.74) is 11.3. The van der Waals surface area contributed by atoms with Crippen molar-refractivity contribution in [3.8, 4) is 0 Å². The normalized spacial score (nSPS) is 10.1. The first-order valence-electron chi connectivity index (χ1n) is 3.31. The molecule has 1 rings (SSSR count). The fraction of sp³-hybridized carbons (Fsp3) is 0.333. The zero-order valence-corrected chi connectivity index (χ0v) is 6.61. The maximum Gasteiger partial charge on any atom is 0.308 e. The van der Waals surface area contributed by atoms with Crippen LogP contribution in [0.25, 0.3) is 0 Å². The van der Waals surface area contributed by atoms with Crippen molar-refractivity contribution in [1.29, 1.82) is 0 Å². The minimum absolute atomic E-state index is 0.178. The van der Waals surface area contributed by atoms with Gasteiger partial charge in [-0.1, -0.05) is 0 Å². The van der Waals surface area contributed by atoms with Gasteiger partial charge in [0.1, 0.15) is 5.82 Å². The van der Waals surface area contributed by atoms with E-state index in [4.69, 9.17) is 16.6 Å². The number of aliphatic carboxylic acids is 1. The number of rotatable bonds is 2. The molecular weight excluding hydrogens is 160 g/mol. The highest BCUT2D eigenvalue weighted by Crippen LogP contribution is 2.17. The maximum atomic E-state index is 10.3. The standard InChI is InChI=1S/C6H10N4O2/c1-10-6(8)3(2-4(11)12)5(7)9-10/h2,8H2,1H3,(H2,7,9)(H,11,12). The molecule has 0 aromatic carbocycles. The second-order valence-electron chi connectivity index (χ2n) is 2.44.